The van der Waals surface area contributed by atoms with Gasteiger partial charge in [0.2, 0.25) is 0 Å². The monoisotopic (exact) mass is 325 g/mol. The van der Waals surface area contributed by atoms with Crippen molar-refractivity contribution in [3.05, 3.63) is 57.0 Å². The van der Waals surface area contributed by atoms with Crippen molar-refractivity contribution in [2.24, 2.45) is 5.73 Å². The molecule has 1 unspecified atom stereocenters. The van der Waals surface area contributed by atoms with Crippen molar-refractivity contribution in [1.29, 1.82) is 0 Å². The van der Waals surface area contributed by atoms with Crippen molar-refractivity contribution >= 4 is 27.5 Å². The number of hydrogen-bond acceptors (Lipinski definition) is 3. The average Bonchev–Trinajstić information content (AvgIpc) is 2.32. The molecule has 1 aromatic carbocycles. The van der Waals surface area contributed by atoms with Gasteiger partial charge in [0.25, 0.3) is 0 Å². The standard InChI is InChI=1S/C13H13BrClN3/c1-8-17-5-4-13(18-8)12(16)6-9-2-3-10(14)7-11(9)15/h2-5,7,12H,6,16H2,1H3. The van der Waals surface area contributed by atoms with Crippen LogP contribution in [0.3, 0.4) is 0 Å². The second kappa shape index (κ2) is 5.78. The Morgan fingerprint density at radius 1 is 1.39 bits per heavy atom. The first-order valence-corrected chi connectivity index (χ1v) is 6.72. The quantitative estimate of drug-likeness (QED) is 0.940. The molecule has 3 nitrogen and oxygen atoms in total. The molecule has 0 aliphatic carbocycles. The van der Waals surface area contributed by atoms with Gasteiger partial charge < -0.3 is 5.73 Å². The number of rotatable bonds is 3. The largest absolute Gasteiger partial charge is 0.322 e. The molecule has 0 aliphatic rings. The minimum absolute atomic E-state index is 0.176. The van der Waals surface area contributed by atoms with Crippen molar-refractivity contribution in [3.63, 3.8) is 0 Å². The van der Waals surface area contributed by atoms with E-state index < -0.39 is 0 Å². The Labute approximate surface area is 120 Å². The zero-order valence-electron chi connectivity index (χ0n) is 9.90. The van der Waals surface area contributed by atoms with Crippen LogP contribution in [0.5, 0.6) is 0 Å². The molecule has 0 aliphatic heterocycles. The van der Waals surface area contributed by atoms with Crippen LogP contribution in [0.4, 0.5) is 0 Å². The number of aromatic nitrogens is 2. The predicted octanol–water partition coefficient (Wildman–Crippen LogP) is 3.44. The van der Waals surface area contributed by atoms with Crippen LogP contribution >= 0.6 is 27.5 Å². The number of nitrogens with two attached hydrogens (primary N) is 1. The molecule has 0 bridgehead atoms. The molecule has 0 radical (unpaired) electrons. The van der Waals surface area contributed by atoms with E-state index in [1.165, 1.54) is 0 Å². The van der Waals surface area contributed by atoms with E-state index in [2.05, 4.69) is 25.9 Å². The third-order valence-electron chi connectivity index (χ3n) is 2.63. The summed E-state index contributed by atoms with van der Waals surface area (Å²) in [6.45, 7) is 1.85. The van der Waals surface area contributed by atoms with Gasteiger partial charge in [-0.3, -0.25) is 0 Å². The molecular weight excluding hydrogens is 314 g/mol. The highest BCUT2D eigenvalue weighted by Crippen LogP contribution is 2.24. The lowest BCUT2D eigenvalue weighted by molar-refractivity contribution is 0.688. The van der Waals surface area contributed by atoms with Gasteiger partial charge in [0.05, 0.1) is 11.7 Å². The van der Waals surface area contributed by atoms with E-state index in [-0.39, 0.29) is 6.04 Å². The van der Waals surface area contributed by atoms with Gasteiger partial charge in [-0.15, -0.1) is 0 Å². The van der Waals surface area contributed by atoms with Crippen molar-refractivity contribution in [1.82, 2.24) is 9.97 Å². The maximum absolute atomic E-state index is 6.17. The molecule has 0 saturated heterocycles. The summed E-state index contributed by atoms with van der Waals surface area (Å²) in [5.41, 5.74) is 7.99. The lowest BCUT2D eigenvalue weighted by atomic mass is 10.0. The number of benzene rings is 1. The van der Waals surface area contributed by atoms with Crippen LogP contribution in [-0.4, -0.2) is 9.97 Å². The number of hydrogen-bond donors (Lipinski definition) is 1. The van der Waals surface area contributed by atoms with E-state index in [4.69, 9.17) is 17.3 Å². The summed E-state index contributed by atoms with van der Waals surface area (Å²) in [6.07, 6.45) is 2.38. The summed E-state index contributed by atoms with van der Waals surface area (Å²) in [7, 11) is 0. The van der Waals surface area contributed by atoms with E-state index in [0.717, 1.165) is 21.6 Å². The second-order valence-electron chi connectivity index (χ2n) is 4.08. The lowest BCUT2D eigenvalue weighted by Gasteiger charge is -2.12. The Hall–Kier alpha value is -0.970. The second-order valence-corrected chi connectivity index (χ2v) is 5.40. The first kappa shape index (κ1) is 13.5. The fourth-order valence-electron chi connectivity index (χ4n) is 1.71. The molecule has 1 atom stereocenters. The Balaban J connectivity index is 2.18. The molecule has 2 aromatic rings. The fourth-order valence-corrected chi connectivity index (χ4v) is 2.46. The van der Waals surface area contributed by atoms with Crippen LogP contribution in [0.15, 0.2) is 34.9 Å². The van der Waals surface area contributed by atoms with Crippen molar-refractivity contribution in [3.8, 4) is 0 Å². The average molecular weight is 327 g/mol. The number of halogens is 2. The van der Waals surface area contributed by atoms with E-state index in [1.807, 2.05) is 31.2 Å². The van der Waals surface area contributed by atoms with Crippen LogP contribution in [0.1, 0.15) is 23.1 Å². The van der Waals surface area contributed by atoms with E-state index >= 15 is 0 Å². The van der Waals surface area contributed by atoms with Gasteiger partial charge >= 0.3 is 0 Å². The Bertz CT molecular complexity index is 560. The summed E-state index contributed by atoms with van der Waals surface area (Å²) in [5.74, 6) is 0.727. The van der Waals surface area contributed by atoms with Crippen molar-refractivity contribution < 1.29 is 0 Å². The molecule has 1 aromatic heterocycles. The van der Waals surface area contributed by atoms with Crippen LogP contribution in [0.2, 0.25) is 5.02 Å². The zero-order chi connectivity index (χ0) is 13.1. The maximum atomic E-state index is 6.17. The van der Waals surface area contributed by atoms with Crippen LogP contribution in [0, 0.1) is 6.92 Å². The van der Waals surface area contributed by atoms with Crippen LogP contribution < -0.4 is 5.73 Å². The highest BCUT2D eigenvalue weighted by Gasteiger charge is 2.11. The van der Waals surface area contributed by atoms with Gasteiger partial charge in [-0.25, -0.2) is 9.97 Å². The van der Waals surface area contributed by atoms with E-state index in [9.17, 15) is 0 Å². The third kappa shape index (κ3) is 3.28. The van der Waals surface area contributed by atoms with Gasteiger partial charge in [0.15, 0.2) is 0 Å². The zero-order valence-corrected chi connectivity index (χ0v) is 12.2. The van der Waals surface area contributed by atoms with Gasteiger partial charge in [-0.2, -0.15) is 0 Å². The minimum Gasteiger partial charge on any atom is -0.322 e. The number of aryl methyl sites for hydroxylation is 1. The molecule has 2 N–H and O–H groups in total. The predicted molar refractivity (Wildman–Crippen MR) is 76.6 cm³/mol. The molecule has 5 heteroatoms. The summed E-state index contributed by atoms with van der Waals surface area (Å²) in [5, 5.41) is 0.714. The van der Waals surface area contributed by atoms with Crippen molar-refractivity contribution in [2.75, 3.05) is 0 Å². The Morgan fingerprint density at radius 3 is 2.83 bits per heavy atom. The third-order valence-corrected chi connectivity index (χ3v) is 3.48. The highest BCUT2D eigenvalue weighted by atomic mass is 79.9. The molecule has 0 spiro atoms. The van der Waals surface area contributed by atoms with Crippen LogP contribution in [-0.2, 0) is 6.42 Å². The van der Waals surface area contributed by atoms with Gasteiger partial charge in [0, 0.05) is 15.7 Å². The first-order chi connectivity index (χ1) is 8.56. The molecule has 0 saturated carbocycles. The highest BCUT2D eigenvalue weighted by molar-refractivity contribution is 9.10. The summed E-state index contributed by atoms with van der Waals surface area (Å²) in [4.78, 5) is 8.39. The molecule has 18 heavy (non-hydrogen) atoms. The van der Waals surface area contributed by atoms with Crippen molar-refractivity contribution in [2.45, 2.75) is 19.4 Å². The summed E-state index contributed by atoms with van der Waals surface area (Å²) in [6, 6.07) is 7.46. The summed E-state index contributed by atoms with van der Waals surface area (Å²) >= 11 is 9.55. The maximum Gasteiger partial charge on any atom is 0.125 e. The molecule has 2 rings (SSSR count). The summed E-state index contributed by atoms with van der Waals surface area (Å²) < 4.78 is 0.961. The topological polar surface area (TPSA) is 51.8 Å². The normalized spacial score (nSPS) is 12.4. The lowest BCUT2D eigenvalue weighted by Crippen LogP contribution is -2.15. The first-order valence-electron chi connectivity index (χ1n) is 5.55. The van der Waals surface area contributed by atoms with E-state index in [0.29, 0.717) is 11.4 Å². The molecule has 0 fully saturated rings. The fraction of sp³-hybridized carbons (Fsp3) is 0.231. The van der Waals surface area contributed by atoms with Gasteiger partial charge in [-0.05, 0) is 37.1 Å². The minimum atomic E-state index is -0.176. The van der Waals surface area contributed by atoms with E-state index in [1.54, 1.807) is 6.20 Å². The van der Waals surface area contributed by atoms with Crippen LogP contribution in [0.25, 0.3) is 0 Å². The smallest absolute Gasteiger partial charge is 0.125 e. The van der Waals surface area contributed by atoms with Gasteiger partial charge in [-0.1, -0.05) is 33.6 Å². The molecular formula is C13H13BrClN3. The molecule has 1 heterocycles. The Kier molecular flexibility index (Phi) is 4.32. The number of nitrogens with zero attached hydrogens (tertiary/aromatic N) is 2. The SMILES string of the molecule is Cc1nccc(C(N)Cc2ccc(Br)cc2Cl)n1. The molecule has 0 amide bonds. The van der Waals surface area contributed by atoms with Gasteiger partial charge in [0.1, 0.15) is 5.82 Å². The Morgan fingerprint density at radius 2 is 2.17 bits per heavy atom. The molecule has 94 valence electrons.